The summed E-state index contributed by atoms with van der Waals surface area (Å²) < 4.78 is 0. The fourth-order valence-corrected chi connectivity index (χ4v) is 2.25. The molecule has 10 radical (unpaired) electrons. The second-order valence-electron chi connectivity index (χ2n) is 4.91. The van der Waals surface area contributed by atoms with Gasteiger partial charge in [0.1, 0.15) is 0 Å². The number of hydrogen-bond donors (Lipinski definition) is 0. The van der Waals surface area contributed by atoms with Crippen LogP contribution in [0, 0.1) is 75.5 Å². The largest absolute Gasteiger partial charge is 0.0888 e. The summed E-state index contributed by atoms with van der Waals surface area (Å²) in [6, 6.07) is 14.6. The Morgan fingerprint density at radius 1 is 0.565 bits per heavy atom. The fraction of sp³-hybridized carbons (Fsp3) is 0. The van der Waals surface area contributed by atoms with Crippen LogP contribution in [-0.4, -0.2) is 0 Å². The summed E-state index contributed by atoms with van der Waals surface area (Å²) in [4.78, 5) is 0. The molecule has 0 heterocycles. The molecule has 0 amide bonds. The Hall–Kier alpha value is -1.22. The summed E-state index contributed by atoms with van der Waals surface area (Å²) in [5.41, 5.74) is 1.09. The monoisotopic (exact) mass is 336 g/mol. The van der Waals surface area contributed by atoms with Crippen molar-refractivity contribution in [2.75, 3.05) is 0 Å². The molecule has 112 valence electrons. The van der Waals surface area contributed by atoms with Crippen LogP contribution in [0.2, 0.25) is 0 Å². The van der Waals surface area contributed by atoms with E-state index in [9.17, 15) is 0 Å². The average molecular weight is 336 g/mol. The summed E-state index contributed by atoms with van der Waals surface area (Å²) in [6.45, 7) is 0. The molecule has 2 aliphatic rings. The van der Waals surface area contributed by atoms with Gasteiger partial charge < -0.3 is 0 Å². The molecule has 0 unspecified atom stereocenters. The predicted octanol–water partition coefficient (Wildman–Crippen LogP) is 4.62. The van der Waals surface area contributed by atoms with Crippen LogP contribution in [0.4, 0.5) is 0 Å². The van der Waals surface area contributed by atoms with Gasteiger partial charge in [-0.25, -0.2) is 0 Å². The Labute approximate surface area is 151 Å². The maximum absolute atomic E-state index is 3.24. The van der Waals surface area contributed by atoms with E-state index in [4.69, 9.17) is 0 Å². The molecule has 23 heavy (non-hydrogen) atoms. The molecule has 2 aliphatic carbocycles. The van der Waals surface area contributed by atoms with Crippen molar-refractivity contribution in [3.8, 4) is 11.8 Å². The fourth-order valence-electron chi connectivity index (χ4n) is 2.25. The van der Waals surface area contributed by atoms with E-state index in [1.807, 2.05) is 57.8 Å². The van der Waals surface area contributed by atoms with E-state index in [0.29, 0.717) is 0 Å². The minimum Gasteiger partial charge on any atom is -0.0888 e. The smallest absolute Gasteiger partial charge is 0.0558 e. The van der Waals surface area contributed by atoms with Gasteiger partial charge in [-0.15, -0.1) is 0 Å². The summed E-state index contributed by atoms with van der Waals surface area (Å²) in [6.07, 6.45) is 18.1. The van der Waals surface area contributed by atoms with Crippen molar-refractivity contribution < 1.29 is 17.1 Å². The first-order valence-corrected chi connectivity index (χ1v) is 7.32. The predicted molar refractivity (Wildman–Crippen MR) is 92.8 cm³/mol. The van der Waals surface area contributed by atoms with Gasteiger partial charge in [-0.2, -0.15) is 0 Å². The second kappa shape index (κ2) is 9.82. The van der Waals surface area contributed by atoms with E-state index in [1.54, 1.807) is 0 Å². The minimum absolute atomic E-state index is 0. The molecule has 1 heteroatoms. The second-order valence-corrected chi connectivity index (χ2v) is 4.91. The van der Waals surface area contributed by atoms with Crippen molar-refractivity contribution in [1.29, 1.82) is 0 Å². The molecule has 0 aromatic heterocycles. The number of fused-ring (bicyclic) bond motifs is 1. The Morgan fingerprint density at radius 3 is 1.87 bits per heavy atom. The van der Waals surface area contributed by atoms with Gasteiger partial charge in [0.2, 0.25) is 0 Å². The molecule has 0 nitrogen and oxygen atoms in total. The van der Waals surface area contributed by atoms with E-state index in [-0.39, 0.29) is 17.1 Å². The van der Waals surface area contributed by atoms with Gasteiger partial charge in [0.15, 0.2) is 0 Å². The quantitative estimate of drug-likeness (QED) is 0.487. The summed E-state index contributed by atoms with van der Waals surface area (Å²) in [7, 11) is 0. The molecule has 0 N–H and O–H groups in total. The molecule has 2 aromatic carbocycles. The van der Waals surface area contributed by atoms with Gasteiger partial charge in [-0.3, -0.25) is 0 Å². The Balaban J connectivity index is 0.000000276. The molecule has 0 saturated heterocycles. The van der Waals surface area contributed by atoms with E-state index >= 15 is 0 Å². The normalized spacial score (nSPS) is 16.9. The van der Waals surface area contributed by atoms with Gasteiger partial charge in [0.05, 0.1) is 5.92 Å². The molecule has 0 atom stereocenters. The first-order valence-electron chi connectivity index (χ1n) is 7.32. The van der Waals surface area contributed by atoms with Crippen LogP contribution in [0.5, 0.6) is 0 Å². The van der Waals surface area contributed by atoms with Crippen LogP contribution in [0.3, 0.4) is 0 Å². The number of hydrogen-bond acceptors (Lipinski definition) is 0. The Morgan fingerprint density at radius 2 is 1.17 bits per heavy atom. The minimum atomic E-state index is 0. The van der Waals surface area contributed by atoms with Crippen molar-refractivity contribution in [1.82, 2.24) is 0 Å². The summed E-state index contributed by atoms with van der Waals surface area (Å²) in [5, 5.41) is 2.45. The zero-order valence-corrected chi connectivity index (χ0v) is 13.7. The standard InChI is InChI=1S/C17H11.C5H5.Fe/c1-2-7-14(6-1)12-13-16-10-5-9-15-8-3-4-11-17(15)16;1-2-4-5-3-1;/h1-11H;1-5H;. The van der Waals surface area contributed by atoms with E-state index in [0.717, 1.165) is 11.5 Å². The molecule has 4 rings (SSSR count). The Kier molecular flexibility index (Phi) is 7.73. The van der Waals surface area contributed by atoms with E-state index in [1.165, 1.54) is 10.8 Å². The van der Waals surface area contributed by atoms with Crippen LogP contribution in [0.15, 0.2) is 42.5 Å². The third-order valence-electron chi connectivity index (χ3n) is 3.35. The number of rotatable bonds is 0. The van der Waals surface area contributed by atoms with Crippen LogP contribution in [0.1, 0.15) is 5.56 Å². The third-order valence-corrected chi connectivity index (χ3v) is 3.35. The molecular weight excluding hydrogens is 320 g/mol. The van der Waals surface area contributed by atoms with Crippen molar-refractivity contribution in [2.45, 2.75) is 0 Å². The molecule has 0 aliphatic heterocycles. The van der Waals surface area contributed by atoms with Crippen LogP contribution in [-0.2, 0) is 17.1 Å². The number of benzene rings is 2. The topological polar surface area (TPSA) is 0 Å². The van der Waals surface area contributed by atoms with Gasteiger partial charge >= 0.3 is 0 Å². The first-order chi connectivity index (χ1) is 10.9. The third kappa shape index (κ3) is 5.42. The van der Waals surface area contributed by atoms with E-state index in [2.05, 4.69) is 54.3 Å². The molecular formula is C22H16Fe. The van der Waals surface area contributed by atoms with Crippen molar-refractivity contribution in [3.05, 3.63) is 112 Å². The molecule has 0 bridgehead atoms. The van der Waals surface area contributed by atoms with Crippen LogP contribution in [0.25, 0.3) is 10.8 Å². The zero-order valence-electron chi connectivity index (χ0n) is 12.6. The van der Waals surface area contributed by atoms with Crippen LogP contribution >= 0.6 is 0 Å². The maximum Gasteiger partial charge on any atom is 0.0558 e. The maximum atomic E-state index is 3.24. The van der Waals surface area contributed by atoms with Crippen LogP contribution < -0.4 is 0 Å². The van der Waals surface area contributed by atoms with Gasteiger partial charge in [0, 0.05) is 22.6 Å². The average Bonchev–Trinajstić information content (AvgIpc) is 3.28. The molecule has 2 saturated carbocycles. The molecule has 0 spiro atoms. The van der Waals surface area contributed by atoms with Crippen molar-refractivity contribution in [3.63, 3.8) is 0 Å². The van der Waals surface area contributed by atoms with E-state index < -0.39 is 0 Å². The zero-order chi connectivity index (χ0) is 15.0. The van der Waals surface area contributed by atoms with Crippen molar-refractivity contribution in [2.24, 2.45) is 0 Å². The summed E-state index contributed by atoms with van der Waals surface area (Å²) in [5.74, 6) is 7.49. The van der Waals surface area contributed by atoms with Gasteiger partial charge in [-0.1, -0.05) is 48.2 Å². The molecule has 2 aromatic rings. The van der Waals surface area contributed by atoms with Gasteiger partial charge in [-0.05, 0) is 74.6 Å². The van der Waals surface area contributed by atoms with Crippen molar-refractivity contribution >= 4 is 10.8 Å². The molecule has 2 fully saturated rings. The summed E-state index contributed by atoms with van der Waals surface area (Å²) >= 11 is 0. The SMILES string of the molecule is C(#Cc1cccc2ccccc12)[C]1[CH][CH][CH][CH]1.[CH]1[CH][CH][CH][CH]1.[Fe]. The Bertz CT molecular complexity index is 639. The first kappa shape index (κ1) is 18.1. The van der Waals surface area contributed by atoms with Gasteiger partial charge in [0.25, 0.3) is 0 Å².